The summed E-state index contributed by atoms with van der Waals surface area (Å²) in [6.07, 6.45) is -0.797. The monoisotopic (exact) mass is 440 g/mol. The van der Waals surface area contributed by atoms with Gasteiger partial charge in [-0.25, -0.2) is 13.2 Å². The minimum absolute atomic E-state index is 0.00712. The van der Waals surface area contributed by atoms with Gasteiger partial charge in [0.05, 0.1) is 0 Å². The molecule has 4 rings (SSSR count). The van der Waals surface area contributed by atoms with Gasteiger partial charge in [0.15, 0.2) is 6.10 Å². The molecule has 2 amide bonds. The standard InChI is InChI=1S/C24H19F3N2O3/c1-14-24(31)29(12-15-8-19(26)11-20(27)9-15)13-17-10-21(6-7-22(17)32-14)28-23(30)16-2-4-18(25)5-3-16/h2-11,14H,12-13H2,1H3,(H,28,30). The van der Waals surface area contributed by atoms with E-state index in [0.29, 0.717) is 22.6 Å². The molecule has 1 N–H and O–H groups in total. The topological polar surface area (TPSA) is 58.6 Å². The quantitative estimate of drug-likeness (QED) is 0.642. The van der Waals surface area contributed by atoms with Crippen molar-refractivity contribution in [1.29, 1.82) is 0 Å². The number of nitrogens with zero attached hydrogens (tertiary/aromatic N) is 1. The molecular weight excluding hydrogens is 421 g/mol. The Morgan fingerprint density at radius 3 is 2.38 bits per heavy atom. The molecule has 1 heterocycles. The third-order valence-corrected chi connectivity index (χ3v) is 5.04. The Balaban J connectivity index is 1.57. The van der Waals surface area contributed by atoms with Crippen molar-refractivity contribution in [1.82, 2.24) is 4.90 Å². The lowest BCUT2D eigenvalue weighted by Crippen LogP contribution is -2.37. The molecule has 1 atom stereocenters. The van der Waals surface area contributed by atoms with Gasteiger partial charge < -0.3 is 15.0 Å². The van der Waals surface area contributed by atoms with E-state index in [9.17, 15) is 22.8 Å². The Bertz CT molecular complexity index is 1160. The second kappa shape index (κ2) is 8.74. The zero-order valence-corrected chi connectivity index (χ0v) is 17.1. The van der Waals surface area contributed by atoms with Crippen molar-refractivity contribution in [2.24, 2.45) is 0 Å². The van der Waals surface area contributed by atoms with E-state index >= 15 is 0 Å². The summed E-state index contributed by atoms with van der Waals surface area (Å²) in [4.78, 5) is 26.7. The fourth-order valence-electron chi connectivity index (χ4n) is 3.54. The molecule has 0 fully saturated rings. The number of halogens is 3. The lowest BCUT2D eigenvalue weighted by Gasteiger charge is -2.22. The first-order valence-corrected chi connectivity index (χ1v) is 9.89. The number of carbonyl (C=O) groups is 2. The molecule has 3 aromatic carbocycles. The summed E-state index contributed by atoms with van der Waals surface area (Å²) in [5, 5.41) is 2.73. The smallest absolute Gasteiger partial charge is 0.263 e. The maximum atomic E-state index is 13.6. The second-order valence-corrected chi connectivity index (χ2v) is 7.52. The molecule has 0 spiro atoms. The van der Waals surface area contributed by atoms with Crippen LogP contribution in [0.1, 0.15) is 28.4 Å². The maximum absolute atomic E-state index is 13.6. The van der Waals surface area contributed by atoms with Gasteiger partial charge in [-0.3, -0.25) is 9.59 Å². The van der Waals surface area contributed by atoms with E-state index in [1.54, 1.807) is 25.1 Å². The molecule has 5 nitrogen and oxygen atoms in total. The number of anilines is 1. The van der Waals surface area contributed by atoms with Gasteiger partial charge in [-0.15, -0.1) is 0 Å². The Hall–Kier alpha value is -3.81. The van der Waals surface area contributed by atoms with Crippen LogP contribution in [0, 0.1) is 17.5 Å². The molecule has 0 saturated carbocycles. The van der Waals surface area contributed by atoms with Gasteiger partial charge in [-0.1, -0.05) is 0 Å². The van der Waals surface area contributed by atoms with Crippen LogP contribution in [0.5, 0.6) is 5.75 Å². The molecule has 0 aliphatic carbocycles. The third kappa shape index (κ3) is 4.74. The summed E-state index contributed by atoms with van der Waals surface area (Å²) in [7, 11) is 0. The van der Waals surface area contributed by atoms with Crippen LogP contribution in [0.4, 0.5) is 18.9 Å². The van der Waals surface area contributed by atoms with Crippen molar-refractivity contribution in [3.05, 3.63) is 94.8 Å². The summed E-state index contributed by atoms with van der Waals surface area (Å²) in [6, 6.07) is 13.2. The van der Waals surface area contributed by atoms with Crippen LogP contribution in [0.2, 0.25) is 0 Å². The summed E-state index contributed by atoms with van der Waals surface area (Å²) < 4.78 is 46.0. The molecule has 8 heteroatoms. The highest BCUT2D eigenvalue weighted by Crippen LogP contribution is 2.29. The highest BCUT2D eigenvalue weighted by atomic mass is 19.1. The molecule has 3 aromatic rings. The van der Waals surface area contributed by atoms with Crippen molar-refractivity contribution < 1.29 is 27.5 Å². The van der Waals surface area contributed by atoms with E-state index < -0.39 is 29.5 Å². The fraction of sp³-hybridized carbons (Fsp3) is 0.167. The normalized spacial score (nSPS) is 15.6. The maximum Gasteiger partial charge on any atom is 0.263 e. The first-order valence-electron chi connectivity index (χ1n) is 9.89. The molecule has 0 bridgehead atoms. The first-order chi connectivity index (χ1) is 15.3. The van der Waals surface area contributed by atoms with Crippen LogP contribution in [-0.4, -0.2) is 22.8 Å². The van der Waals surface area contributed by atoms with Gasteiger partial charge >= 0.3 is 0 Å². The number of benzene rings is 3. The average Bonchev–Trinajstić information content (AvgIpc) is 2.84. The van der Waals surface area contributed by atoms with E-state index in [4.69, 9.17) is 4.74 Å². The number of rotatable bonds is 4. The molecule has 0 saturated heterocycles. The largest absolute Gasteiger partial charge is 0.481 e. The zero-order chi connectivity index (χ0) is 22.8. The van der Waals surface area contributed by atoms with Crippen LogP contribution >= 0.6 is 0 Å². The van der Waals surface area contributed by atoms with Crippen molar-refractivity contribution >= 4 is 17.5 Å². The van der Waals surface area contributed by atoms with Crippen LogP contribution < -0.4 is 10.1 Å². The predicted molar refractivity (Wildman–Crippen MR) is 111 cm³/mol. The minimum Gasteiger partial charge on any atom is -0.481 e. The molecular formula is C24H19F3N2O3. The van der Waals surface area contributed by atoms with Crippen LogP contribution in [0.3, 0.4) is 0 Å². The van der Waals surface area contributed by atoms with E-state index in [0.717, 1.165) is 6.07 Å². The average molecular weight is 440 g/mol. The second-order valence-electron chi connectivity index (χ2n) is 7.52. The zero-order valence-electron chi connectivity index (χ0n) is 17.1. The molecule has 32 heavy (non-hydrogen) atoms. The van der Waals surface area contributed by atoms with Crippen molar-refractivity contribution in [3.63, 3.8) is 0 Å². The van der Waals surface area contributed by atoms with Gasteiger partial charge in [0.1, 0.15) is 23.2 Å². The number of amides is 2. The highest BCUT2D eigenvalue weighted by molar-refractivity contribution is 6.04. The molecule has 1 aliphatic rings. The Morgan fingerprint density at radius 1 is 1.00 bits per heavy atom. The van der Waals surface area contributed by atoms with Gasteiger partial charge in [-0.2, -0.15) is 0 Å². The molecule has 164 valence electrons. The van der Waals surface area contributed by atoms with E-state index in [-0.39, 0.29) is 24.6 Å². The van der Waals surface area contributed by atoms with Crippen LogP contribution in [0.25, 0.3) is 0 Å². The number of nitrogens with one attached hydrogen (secondary N) is 1. The van der Waals surface area contributed by atoms with Crippen molar-refractivity contribution in [2.45, 2.75) is 26.1 Å². The lowest BCUT2D eigenvalue weighted by molar-refractivity contribution is -0.138. The van der Waals surface area contributed by atoms with E-state index in [1.165, 1.54) is 41.3 Å². The van der Waals surface area contributed by atoms with Gasteiger partial charge in [0.2, 0.25) is 0 Å². The molecule has 1 aliphatic heterocycles. The summed E-state index contributed by atoms with van der Waals surface area (Å²) in [5.41, 5.74) is 1.68. The summed E-state index contributed by atoms with van der Waals surface area (Å²) >= 11 is 0. The SMILES string of the molecule is CC1Oc2ccc(NC(=O)c3ccc(F)cc3)cc2CN(Cc2cc(F)cc(F)c2)C1=O. The molecule has 1 unspecified atom stereocenters. The first kappa shape index (κ1) is 21.4. The number of hydrogen-bond donors (Lipinski definition) is 1. The third-order valence-electron chi connectivity index (χ3n) is 5.04. The van der Waals surface area contributed by atoms with E-state index in [1.807, 2.05) is 0 Å². The predicted octanol–water partition coefficient (Wildman–Crippen LogP) is 4.67. The number of ether oxygens (including phenoxy) is 1. The summed E-state index contributed by atoms with van der Waals surface area (Å²) in [5.74, 6) is -2.17. The minimum atomic E-state index is -0.797. The Labute approximate surface area is 182 Å². The van der Waals surface area contributed by atoms with Gasteiger partial charge in [0.25, 0.3) is 11.8 Å². The number of hydrogen-bond acceptors (Lipinski definition) is 3. The Kier molecular flexibility index (Phi) is 5.85. The molecule has 0 radical (unpaired) electrons. The van der Waals surface area contributed by atoms with Crippen molar-refractivity contribution in [3.8, 4) is 5.75 Å². The van der Waals surface area contributed by atoms with Crippen LogP contribution in [0.15, 0.2) is 60.7 Å². The Morgan fingerprint density at radius 2 is 1.69 bits per heavy atom. The van der Waals surface area contributed by atoms with Crippen molar-refractivity contribution in [2.75, 3.05) is 5.32 Å². The highest BCUT2D eigenvalue weighted by Gasteiger charge is 2.28. The number of carbonyl (C=O) groups excluding carboxylic acids is 2. The summed E-state index contributed by atoms with van der Waals surface area (Å²) in [6.45, 7) is 1.71. The van der Waals surface area contributed by atoms with Crippen LogP contribution in [-0.2, 0) is 17.9 Å². The molecule has 0 aromatic heterocycles. The van der Waals surface area contributed by atoms with Gasteiger partial charge in [0, 0.05) is 36.0 Å². The fourth-order valence-corrected chi connectivity index (χ4v) is 3.54. The number of fused-ring (bicyclic) bond motifs is 1. The van der Waals surface area contributed by atoms with Gasteiger partial charge in [-0.05, 0) is 67.1 Å². The van der Waals surface area contributed by atoms with E-state index in [2.05, 4.69) is 5.32 Å². The lowest BCUT2D eigenvalue weighted by atomic mass is 10.1.